The Labute approximate surface area is 129 Å². The van der Waals surface area contributed by atoms with Crippen LogP contribution in [0.1, 0.15) is 44.3 Å². The summed E-state index contributed by atoms with van der Waals surface area (Å²) in [4.78, 5) is 4.83. The zero-order valence-corrected chi connectivity index (χ0v) is 12.9. The van der Waals surface area contributed by atoms with Gasteiger partial charge in [0, 0.05) is 11.4 Å². The highest BCUT2D eigenvalue weighted by atomic mass is 15.3. The number of benzene rings is 1. The molecule has 114 valence electrons. The van der Waals surface area contributed by atoms with Crippen molar-refractivity contribution in [3.63, 3.8) is 0 Å². The van der Waals surface area contributed by atoms with Crippen LogP contribution in [0.2, 0.25) is 0 Å². The van der Waals surface area contributed by atoms with Crippen molar-refractivity contribution in [1.82, 2.24) is 19.6 Å². The van der Waals surface area contributed by atoms with Crippen molar-refractivity contribution in [2.24, 2.45) is 0 Å². The van der Waals surface area contributed by atoms with Crippen LogP contribution in [0.15, 0.2) is 24.3 Å². The molecule has 0 aliphatic heterocycles. The van der Waals surface area contributed by atoms with Gasteiger partial charge in [-0.3, -0.25) is 0 Å². The largest absolute Gasteiger partial charge is 0.353 e. The minimum Gasteiger partial charge on any atom is -0.353 e. The molecular formula is C17H21N5. The van der Waals surface area contributed by atoms with Crippen LogP contribution in [0.3, 0.4) is 0 Å². The first-order chi connectivity index (χ1) is 10.8. The van der Waals surface area contributed by atoms with E-state index in [1.165, 1.54) is 38.5 Å². The van der Waals surface area contributed by atoms with E-state index in [4.69, 9.17) is 4.98 Å². The Morgan fingerprint density at radius 1 is 1.05 bits per heavy atom. The highest BCUT2D eigenvalue weighted by Gasteiger charge is 2.17. The number of nitrogens with zero attached hydrogens (tertiary/aromatic N) is 4. The maximum atomic E-state index is 4.83. The van der Waals surface area contributed by atoms with Crippen molar-refractivity contribution in [2.75, 3.05) is 5.32 Å². The molecule has 2 aromatic heterocycles. The summed E-state index contributed by atoms with van der Waals surface area (Å²) in [6.07, 6.45) is 7.74. The van der Waals surface area contributed by atoms with Crippen LogP contribution in [0.25, 0.3) is 16.6 Å². The Morgan fingerprint density at radius 2 is 1.82 bits per heavy atom. The van der Waals surface area contributed by atoms with E-state index in [0.717, 1.165) is 28.3 Å². The normalized spacial score (nSPS) is 17.0. The Balaban J connectivity index is 1.82. The lowest BCUT2D eigenvalue weighted by molar-refractivity contribution is 0.613. The molecule has 22 heavy (non-hydrogen) atoms. The van der Waals surface area contributed by atoms with Gasteiger partial charge in [-0.05, 0) is 31.9 Å². The maximum absolute atomic E-state index is 4.83. The minimum atomic E-state index is 0.501. The van der Waals surface area contributed by atoms with Crippen molar-refractivity contribution in [3.05, 3.63) is 30.1 Å². The van der Waals surface area contributed by atoms with Gasteiger partial charge in [0.25, 0.3) is 0 Å². The smallest absolute Gasteiger partial charge is 0.211 e. The molecule has 3 aromatic rings. The molecule has 1 aliphatic carbocycles. The third-order valence-electron chi connectivity index (χ3n) is 4.60. The number of hydrogen-bond acceptors (Lipinski definition) is 4. The van der Waals surface area contributed by atoms with Crippen LogP contribution in [0.5, 0.6) is 0 Å². The monoisotopic (exact) mass is 295 g/mol. The molecule has 0 radical (unpaired) electrons. The Morgan fingerprint density at radius 3 is 2.64 bits per heavy atom. The lowest BCUT2D eigenvalue weighted by Gasteiger charge is -2.18. The predicted octanol–water partition coefficient (Wildman–Crippen LogP) is 3.72. The molecule has 1 saturated carbocycles. The number of aryl methyl sites for hydroxylation is 1. The quantitative estimate of drug-likeness (QED) is 0.732. The van der Waals surface area contributed by atoms with Gasteiger partial charge >= 0.3 is 0 Å². The van der Waals surface area contributed by atoms with Gasteiger partial charge < -0.3 is 5.32 Å². The summed E-state index contributed by atoms with van der Waals surface area (Å²) < 4.78 is 2.05. The summed E-state index contributed by atoms with van der Waals surface area (Å²) >= 11 is 0. The maximum Gasteiger partial charge on any atom is 0.211 e. The van der Waals surface area contributed by atoms with Gasteiger partial charge in [0.1, 0.15) is 5.82 Å². The molecule has 0 spiro atoms. The number of nitrogens with one attached hydrogen (secondary N) is 1. The Hall–Kier alpha value is -2.17. The molecule has 1 N–H and O–H groups in total. The van der Waals surface area contributed by atoms with E-state index >= 15 is 0 Å². The van der Waals surface area contributed by atoms with Gasteiger partial charge in [-0.25, -0.2) is 9.38 Å². The lowest BCUT2D eigenvalue weighted by Crippen LogP contribution is -2.21. The van der Waals surface area contributed by atoms with Crippen LogP contribution in [0, 0.1) is 6.92 Å². The van der Waals surface area contributed by atoms with Gasteiger partial charge in [0.05, 0.1) is 5.52 Å². The number of aromatic nitrogens is 4. The highest BCUT2D eigenvalue weighted by molar-refractivity contribution is 5.92. The van der Waals surface area contributed by atoms with E-state index in [1.807, 2.05) is 29.5 Å². The number of rotatable bonds is 2. The Bertz CT molecular complexity index is 799. The average molecular weight is 295 g/mol. The van der Waals surface area contributed by atoms with Crippen molar-refractivity contribution in [1.29, 1.82) is 0 Å². The molecule has 1 aliphatic rings. The van der Waals surface area contributed by atoms with Crippen molar-refractivity contribution in [3.8, 4) is 0 Å². The third-order valence-corrected chi connectivity index (χ3v) is 4.60. The van der Waals surface area contributed by atoms with Crippen LogP contribution in [-0.4, -0.2) is 25.6 Å². The number of fused-ring (bicyclic) bond motifs is 3. The molecule has 1 aromatic carbocycles. The molecule has 2 heterocycles. The fraction of sp³-hybridized carbons (Fsp3) is 0.471. The van der Waals surface area contributed by atoms with Crippen molar-refractivity contribution in [2.45, 2.75) is 51.5 Å². The lowest BCUT2D eigenvalue weighted by atomic mass is 10.1. The third kappa shape index (κ3) is 2.30. The molecule has 0 saturated heterocycles. The molecule has 0 bridgehead atoms. The SMILES string of the molecule is Cc1nnc2c3ccccc3nc(NC3CCCCCC3)n12. The van der Waals surface area contributed by atoms with Crippen LogP contribution >= 0.6 is 0 Å². The molecule has 4 rings (SSSR count). The number of hydrogen-bond donors (Lipinski definition) is 1. The first-order valence-corrected chi connectivity index (χ1v) is 8.20. The second-order valence-electron chi connectivity index (χ2n) is 6.19. The second-order valence-corrected chi connectivity index (χ2v) is 6.19. The molecule has 1 fully saturated rings. The summed E-state index contributed by atoms with van der Waals surface area (Å²) in [5.41, 5.74) is 1.86. The van der Waals surface area contributed by atoms with Crippen molar-refractivity contribution < 1.29 is 0 Å². The summed E-state index contributed by atoms with van der Waals surface area (Å²) in [6.45, 7) is 1.98. The van der Waals surface area contributed by atoms with E-state index in [0.29, 0.717) is 6.04 Å². The van der Waals surface area contributed by atoms with E-state index in [9.17, 15) is 0 Å². The zero-order valence-electron chi connectivity index (χ0n) is 12.9. The van der Waals surface area contributed by atoms with Crippen LogP contribution in [0.4, 0.5) is 5.95 Å². The number of para-hydroxylation sites is 1. The average Bonchev–Trinajstić information content (AvgIpc) is 2.76. The van der Waals surface area contributed by atoms with Crippen molar-refractivity contribution >= 4 is 22.5 Å². The van der Waals surface area contributed by atoms with Gasteiger partial charge in [0.15, 0.2) is 5.65 Å². The van der Waals surface area contributed by atoms with E-state index in [2.05, 4.69) is 21.6 Å². The van der Waals surface area contributed by atoms with Gasteiger partial charge in [-0.1, -0.05) is 37.8 Å². The molecule has 0 atom stereocenters. The topological polar surface area (TPSA) is 55.1 Å². The summed E-state index contributed by atoms with van der Waals surface area (Å²) in [5, 5.41) is 13.3. The van der Waals surface area contributed by atoms with Crippen LogP contribution < -0.4 is 5.32 Å². The fourth-order valence-corrected chi connectivity index (χ4v) is 3.42. The molecule has 5 heteroatoms. The van der Waals surface area contributed by atoms with Gasteiger partial charge in [0.2, 0.25) is 5.95 Å². The zero-order chi connectivity index (χ0) is 14.9. The molecule has 0 unspecified atom stereocenters. The first-order valence-electron chi connectivity index (χ1n) is 8.20. The molecule has 0 amide bonds. The standard InChI is InChI=1S/C17H21N5/c1-12-20-21-16-14-10-6-7-11-15(14)19-17(22(12)16)18-13-8-4-2-3-5-9-13/h6-7,10-11,13H,2-5,8-9H2,1H3,(H,18,19). The molecule has 5 nitrogen and oxygen atoms in total. The minimum absolute atomic E-state index is 0.501. The van der Waals surface area contributed by atoms with E-state index in [1.54, 1.807) is 0 Å². The summed E-state index contributed by atoms with van der Waals surface area (Å²) in [6, 6.07) is 8.64. The summed E-state index contributed by atoms with van der Waals surface area (Å²) in [5.74, 6) is 1.76. The number of anilines is 1. The van der Waals surface area contributed by atoms with E-state index in [-0.39, 0.29) is 0 Å². The Kier molecular flexibility index (Phi) is 3.41. The van der Waals surface area contributed by atoms with Crippen LogP contribution in [-0.2, 0) is 0 Å². The van der Waals surface area contributed by atoms with Gasteiger partial charge in [-0.15, -0.1) is 10.2 Å². The molecular weight excluding hydrogens is 274 g/mol. The summed E-state index contributed by atoms with van der Waals surface area (Å²) in [7, 11) is 0. The first kappa shape index (κ1) is 13.5. The van der Waals surface area contributed by atoms with E-state index < -0.39 is 0 Å². The fourth-order valence-electron chi connectivity index (χ4n) is 3.42. The van der Waals surface area contributed by atoms with Gasteiger partial charge in [-0.2, -0.15) is 0 Å². The second kappa shape index (κ2) is 5.55. The highest BCUT2D eigenvalue weighted by Crippen LogP contribution is 2.24. The predicted molar refractivity (Wildman–Crippen MR) is 88.1 cm³/mol.